The minimum Gasteiger partial charge on any atom is -0.348 e. The summed E-state index contributed by atoms with van der Waals surface area (Å²) in [4.78, 5) is 10.9. The molecule has 6 rings (SSSR count). The first-order valence-corrected chi connectivity index (χ1v) is 14.9. The lowest BCUT2D eigenvalue weighted by atomic mass is 9.96. The van der Waals surface area contributed by atoms with E-state index in [2.05, 4.69) is 25.6 Å². The van der Waals surface area contributed by atoms with Crippen LogP contribution in [0.4, 0.5) is 14.6 Å². The van der Waals surface area contributed by atoms with Crippen molar-refractivity contribution in [1.29, 1.82) is 0 Å². The van der Waals surface area contributed by atoms with Crippen LogP contribution in [0, 0.1) is 0 Å². The number of anilines is 1. The second-order valence-electron chi connectivity index (χ2n) is 11.3. The molecule has 0 N–H and O–H groups in total. The summed E-state index contributed by atoms with van der Waals surface area (Å²) in [6.07, 6.45) is -0.0200. The zero-order valence-corrected chi connectivity index (χ0v) is 23.7. The second-order valence-corrected chi connectivity index (χ2v) is 13.2. The SMILES string of the molecule is CC(C)(C)c1nc(N2CCC(F)(F)C2)c2nnn(Cc3ccccc3CCS(=O)(=O)n3nnc4ccccc43)c2n1. The summed E-state index contributed by atoms with van der Waals surface area (Å²) in [6.45, 7) is 5.85. The molecule has 2 aromatic carbocycles. The van der Waals surface area contributed by atoms with Crippen LogP contribution in [0.5, 0.6) is 0 Å². The van der Waals surface area contributed by atoms with Crippen molar-refractivity contribution >= 4 is 38.0 Å². The molecule has 1 fully saturated rings. The third kappa shape index (κ3) is 5.23. The first-order valence-electron chi connectivity index (χ1n) is 13.3. The van der Waals surface area contributed by atoms with E-state index in [1.165, 1.54) is 0 Å². The minimum atomic E-state index is -3.78. The molecule has 1 saturated heterocycles. The number of aromatic nitrogens is 8. The molecule has 0 radical (unpaired) electrons. The minimum absolute atomic E-state index is 0.161. The fraction of sp³-hybridized carbons (Fsp3) is 0.407. The highest BCUT2D eigenvalue weighted by molar-refractivity contribution is 7.89. The number of aryl methyl sites for hydroxylation is 1. The number of para-hydroxylation sites is 1. The van der Waals surface area contributed by atoms with Crippen LogP contribution in [0.25, 0.3) is 22.2 Å². The molecule has 0 saturated carbocycles. The van der Waals surface area contributed by atoms with Gasteiger partial charge in [-0.25, -0.2) is 31.8 Å². The summed E-state index contributed by atoms with van der Waals surface area (Å²) in [5.41, 5.74) is 2.93. The summed E-state index contributed by atoms with van der Waals surface area (Å²) in [6, 6.07) is 14.4. The van der Waals surface area contributed by atoms with E-state index in [9.17, 15) is 17.2 Å². The largest absolute Gasteiger partial charge is 0.348 e. The Morgan fingerprint density at radius 2 is 1.68 bits per heavy atom. The zero-order chi connectivity index (χ0) is 29.0. The molecule has 0 bridgehead atoms. The maximum atomic E-state index is 14.1. The van der Waals surface area contributed by atoms with Crippen LogP contribution in [0.1, 0.15) is 44.1 Å². The molecule has 4 heterocycles. The Kier molecular flexibility index (Phi) is 6.47. The Balaban J connectivity index is 1.31. The van der Waals surface area contributed by atoms with Gasteiger partial charge in [-0.15, -0.1) is 14.3 Å². The van der Waals surface area contributed by atoms with Crippen molar-refractivity contribution in [1.82, 2.24) is 39.4 Å². The zero-order valence-electron chi connectivity index (χ0n) is 22.9. The molecule has 5 aromatic rings. The van der Waals surface area contributed by atoms with E-state index in [0.717, 1.165) is 15.2 Å². The predicted molar refractivity (Wildman–Crippen MR) is 150 cm³/mol. The normalized spacial score (nSPS) is 15.8. The van der Waals surface area contributed by atoms with Crippen LogP contribution >= 0.6 is 0 Å². The summed E-state index contributed by atoms with van der Waals surface area (Å²) in [7, 11) is -3.78. The molecule has 3 aromatic heterocycles. The lowest BCUT2D eigenvalue weighted by molar-refractivity contribution is 0.0257. The maximum Gasteiger partial charge on any atom is 0.266 e. The van der Waals surface area contributed by atoms with Crippen LogP contribution in [0.3, 0.4) is 0 Å². The third-order valence-electron chi connectivity index (χ3n) is 7.14. The fourth-order valence-electron chi connectivity index (χ4n) is 4.92. The van der Waals surface area contributed by atoms with Gasteiger partial charge in [0, 0.05) is 18.4 Å². The average molecular weight is 582 g/mol. The van der Waals surface area contributed by atoms with E-state index in [1.807, 2.05) is 45.0 Å². The number of hydrogen-bond donors (Lipinski definition) is 0. The Labute approximate surface area is 235 Å². The molecule has 0 atom stereocenters. The number of nitrogens with zero attached hydrogens (tertiary/aromatic N) is 9. The van der Waals surface area contributed by atoms with Crippen LogP contribution in [0.2, 0.25) is 0 Å². The smallest absolute Gasteiger partial charge is 0.266 e. The Morgan fingerprint density at radius 1 is 0.951 bits per heavy atom. The van der Waals surface area contributed by atoms with E-state index in [4.69, 9.17) is 4.98 Å². The number of halogens is 2. The van der Waals surface area contributed by atoms with Gasteiger partial charge < -0.3 is 4.90 Å². The number of rotatable bonds is 7. The topological polar surface area (TPSA) is 125 Å². The molecular weight excluding hydrogens is 552 g/mol. The summed E-state index contributed by atoms with van der Waals surface area (Å²) in [5, 5.41) is 16.4. The van der Waals surface area contributed by atoms with Crippen molar-refractivity contribution in [3.63, 3.8) is 0 Å². The quantitative estimate of drug-likeness (QED) is 0.284. The molecule has 11 nitrogen and oxygen atoms in total. The van der Waals surface area contributed by atoms with E-state index >= 15 is 0 Å². The van der Waals surface area contributed by atoms with Crippen molar-refractivity contribution in [3.05, 3.63) is 65.5 Å². The van der Waals surface area contributed by atoms with Crippen LogP contribution in [-0.4, -0.2) is 72.5 Å². The number of hydrogen-bond acceptors (Lipinski definition) is 9. The first kappa shape index (κ1) is 27.1. The highest BCUT2D eigenvalue weighted by Crippen LogP contribution is 2.34. The van der Waals surface area contributed by atoms with Gasteiger partial charge in [0.2, 0.25) is 0 Å². The van der Waals surface area contributed by atoms with Gasteiger partial charge in [-0.3, -0.25) is 0 Å². The number of alkyl halides is 2. The highest BCUT2D eigenvalue weighted by Gasteiger charge is 2.40. The molecule has 214 valence electrons. The molecule has 0 spiro atoms. The standard InChI is InChI=1S/C27H29F2N9O2S/c1-26(2,3)25-30-23(36-14-13-27(28,29)17-36)22-24(31-25)37(34-33-22)16-19-9-5-4-8-18(19)12-15-41(39,40)38-21-11-7-6-10-20(21)32-35-38/h4-11H,12-17H2,1-3H3. The molecule has 41 heavy (non-hydrogen) atoms. The lowest BCUT2D eigenvalue weighted by Crippen LogP contribution is -2.27. The maximum absolute atomic E-state index is 14.1. The van der Waals surface area contributed by atoms with Gasteiger partial charge in [-0.05, 0) is 29.7 Å². The Hall–Kier alpha value is -4.07. The van der Waals surface area contributed by atoms with Crippen molar-refractivity contribution in [2.24, 2.45) is 0 Å². The number of benzene rings is 2. The predicted octanol–water partition coefficient (Wildman–Crippen LogP) is 3.58. The molecule has 14 heteroatoms. The monoisotopic (exact) mass is 581 g/mol. The van der Waals surface area contributed by atoms with Gasteiger partial charge >= 0.3 is 0 Å². The van der Waals surface area contributed by atoms with Gasteiger partial charge in [0.15, 0.2) is 17.0 Å². The molecule has 1 aliphatic heterocycles. The first-order chi connectivity index (χ1) is 19.4. The van der Waals surface area contributed by atoms with Crippen molar-refractivity contribution < 1.29 is 17.2 Å². The van der Waals surface area contributed by atoms with Crippen molar-refractivity contribution in [2.75, 3.05) is 23.7 Å². The molecule has 1 aliphatic rings. The van der Waals surface area contributed by atoms with E-state index in [1.54, 1.807) is 33.8 Å². The van der Waals surface area contributed by atoms with Gasteiger partial charge in [-0.1, -0.05) is 67.6 Å². The van der Waals surface area contributed by atoms with Gasteiger partial charge in [-0.2, -0.15) is 0 Å². The number of fused-ring (bicyclic) bond motifs is 2. The fourth-order valence-corrected chi connectivity index (χ4v) is 6.17. The third-order valence-corrected chi connectivity index (χ3v) is 8.65. The highest BCUT2D eigenvalue weighted by atomic mass is 32.2. The van der Waals surface area contributed by atoms with E-state index < -0.39 is 27.9 Å². The molecule has 0 unspecified atom stereocenters. The van der Waals surface area contributed by atoms with Gasteiger partial charge in [0.25, 0.3) is 15.9 Å². The molecular formula is C27H29F2N9O2S. The van der Waals surface area contributed by atoms with Crippen LogP contribution < -0.4 is 4.90 Å². The van der Waals surface area contributed by atoms with Gasteiger partial charge in [0.05, 0.1) is 18.8 Å². The van der Waals surface area contributed by atoms with E-state index in [0.29, 0.717) is 33.8 Å². The molecule has 0 amide bonds. The van der Waals surface area contributed by atoms with Crippen molar-refractivity contribution in [3.8, 4) is 0 Å². The Morgan fingerprint density at radius 3 is 2.41 bits per heavy atom. The van der Waals surface area contributed by atoms with Crippen LogP contribution in [-0.2, 0) is 28.4 Å². The van der Waals surface area contributed by atoms with Gasteiger partial charge in [0.1, 0.15) is 16.9 Å². The summed E-state index contributed by atoms with van der Waals surface area (Å²) < 4.78 is 57.1. The van der Waals surface area contributed by atoms with E-state index in [-0.39, 0.29) is 31.7 Å². The second kappa shape index (κ2) is 9.79. The Bertz CT molecular complexity index is 1860. The van der Waals surface area contributed by atoms with Crippen LogP contribution in [0.15, 0.2) is 48.5 Å². The summed E-state index contributed by atoms with van der Waals surface area (Å²) in [5.74, 6) is -2.13. The summed E-state index contributed by atoms with van der Waals surface area (Å²) >= 11 is 0. The van der Waals surface area contributed by atoms with Crippen molar-refractivity contribution in [2.45, 2.75) is 51.5 Å². The molecule has 0 aliphatic carbocycles. The lowest BCUT2D eigenvalue weighted by Gasteiger charge is -2.22. The average Bonchev–Trinajstić information content (AvgIpc) is 3.64.